The zero-order valence-electron chi connectivity index (χ0n) is 7.84. The standard InChI is InChI=1S/C6H10O6S2/c1-4-5-6(11-13(2,7)8)12-14(3,9)10/h6H,1-3H3. The molecular formula is C6H10O6S2. The highest BCUT2D eigenvalue weighted by Crippen LogP contribution is 2.02. The first-order chi connectivity index (χ1) is 6.14. The van der Waals surface area contributed by atoms with E-state index >= 15 is 0 Å². The Kier molecular flexibility index (Phi) is 4.54. The quantitative estimate of drug-likeness (QED) is 0.367. The second kappa shape index (κ2) is 4.75. The van der Waals surface area contributed by atoms with Crippen molar-refractivity contribution in [1.29, 1.82) is 0 Å². The smallest absolute Gasteiger partial charge is 0.225 e. The van der Waals surface area contributed by atoms with Crippen LogP contribution in [0.15, 0.2) is 0 Å². The Morgan fingerprint density at radius 1 is 1.00 bits per heavy atom. The summed E-state index contributed by atoms with van der Waals surface area (Å²) in [5, 5.41) is 0. The van der Waals surface area contributed by atoms with Crippen LogP contribution in [0.3, 0.4) is 0 Å². The highest BCUT2D eigenvalue weighted by Gasteiger charge is 2.18. The molecule has 0 atom stereocenters. The lowest BCUT2D eigenvalue weighted by atomic mass is 10.6. The van der Waals surface area contributed by atoms with Crippen LogP contribution in [-0.2, 0) is 28.6 Å². The van der Waals surface area contributed by atoms with Gasteiger partial charge in [0.25, 0.3) is 26.5 Å². The fourth-order valence-corrected chi connectivity index (χ4v) is 1.36. The largest absolute Gasteiger partial charge is 0.267 e. The van der Waals surface area contributed by atoms with Gasteiger partial charge in [0.1, 0.15) is 0 Å². The minimum Gasteiger partial charge on any atom is -0.225 e. The molecular weight excluding hydrogens is 232 g/mol. The van der Waals surface area contributed by atoms with Gasteiger partial charge in [-0.3, -0.25) is 0 Å². The van der Waals surface area contributed by atoms with E-state index in [1.807, 2.05) is 0 Å². The molecule has 0 bridgehead atoms. The van der Waals surface area contributed by atoms with Crippen molar-refractivity contribution in [2.75, 3.05) is 12.5 Å². The maximum atomic E-state index is 10.6. The molecule has 0 amide bonds. The molecule has 0 aliphatic carbocycles. The molecule has 0 saturated carbocycles. The van der Waals surface area contributed by atoms with Crippen LogP contribution < -0.4 is 0 Å². The molecule has 82 valence electrons. The third kappa shape index (κ3) is 8.00. The SMILES string of the molecule is CC#CC(OS(C)(=O)=O)OS(C)(=O)=O. The number of hydrogen-bond donors (Lipinski definition) is 0. The first-order valence-corrected chi connectivity index (χ1v) is 6.96. The van der Waals surface area contributed by atoms with E-state index in [1.54, 1.807) is 0 Å². The van der Waals surface area contributed by atoms with Crippen molar-refractivity contribution in [3.05, 3.63) is 0 Å². The van der Waals surface area contributed by atoms with Gasteiger partial charge in [0.15, 0.2) is 0 Å². The highest BCUT2D eigenvalue weighted by atomic mass is 32.2. The van der Waals surface area contributed by atoms with Crippen LogP contribution in [0.2, 0.25) is 0 Å². The second-order valence-electron chi connectivity index (χ2n) is 2.33. The lowest BCUT2D eigenvalue weighted by molar-refractivity contribution is 0.0700. The Morgan fingerprint density at radius 2 is 1.36 bits per heavy atom. The van der Waals surface area contributed by atoms with Gasteiger partial charge < -0.3 is 0 Å². The van der Waals surface area contributed by atoms with Crippen molar-refractivity contribution in [2.45, 2.75) is 13.2 Å². The summed E-state index contributed by atoms with van der Waals surface area (Å²) in [5.74, 6) is 4.43. The molecule has 0 aliphatic heterocycles. The van der Waals surface area contributed by atoms with Gasteiger partial charge in [0, 0.05) is 0 Å². The molecule has 0 radical (unpaired) electrons. The van der Waals surface area contributed by atoms with Gasteiger partial charge in [0.2, 0.25) is 0 Å². The van der Waals surface area contributed by atoms with Crippen LogP contribution in [-0.4, -0.2) is 35.6 Å². The molecule has 0 aromatic carbocycles. The van der Waals surface area contributed by atoms with Crippen LogP contribution in [0, 0.1) is 11.8 Å². The molecule has 6 nitrogen and oxygen atoms in total. The van der Waals surface area contributed by atoms with Gasteiger partial charge in [-0.15, -0.1) is 5.92 Å². The molecule has 14 heavy (non-hydrogen) atoms. The summed E-state index contributed by atoms with van der Waals surface area (Å²) in [4.78, 5) is 0. The molecule has 0 aromatic heterocycles. The van der Waals surface area contributed by atoms with E-state index < -0.39 is 26.5 Å². The Hall–Kier alpha value is -0.620. The van der Waals surface area contributed by atoms with Crippen molar-refractivity contribution >= 4 is 20.2 Å². The molecule has 0 N–H and O–H groups in total. The summed E-state index contributed by atoms with van der Waals surface area (Å²) in [6.45, 7) is 1.39. The van der Waals surface area contributed by atoms with E-state index in [0.29, 0.717) is 0 Å². The van der Waals surface area contributed by atoms with Crippen LogP contribution in [0.1, 0.15) is 6.92 Å². The summed E-state index contributed by atoms with van der Waals surface area (Å²) in [6.07, 6.45) is -0.0867. The lowest BCUT2D eigenvalue weighted by Gasteiger charge is -2.08. The van der Waals surface area contributed by atoms with Crippen LogP contribution >= 0.6 is 0 Å². The monoisotopic (exact) mass is 242 g/mol. The fraction of sp³-hybridized carbons (Fsp3) is 0.667. The van der Waals surface area contributed by atoms with Gasteiger partial charge in [-0.2, -0.15) is 16.8 Å². The van der Waals surface area contributed by atoms with Gasteiger partial charge in [-0.25, -0.2) is 8.37 Å². The van der Waals surface area contributed by atoms with Crippen molar-refractivity contribution in [2.24, 2.45) is 0 Å². The predicted molar refractivity (Wildman–Crippen MR) is 49.1 cm³/mol. The first kappa shape index (κ1) is 13.4. The summed E-state index contributed by atoms with van der Waals surface area (Å²) >= 11 is 0. The van der Waals surface area contributed by atoms with Crippen molar-refractivity contribution in [3.63, 3.8) is 0 Å². The molecule has 0 unspecified atom stereocenters. The maximum Gasteiger partial charge on any atom is 0.267 e. The van der Waals surface area contributed by atoms with Gasteiger partial charge in [-0.1, -0.05) is 0 Å². The molecule has 0 aromatic rings. The third-order valence-electron chi connectivity index (χ3n) is 0.787. The molecule has 0 rings (SSSR count). The molecule has 0 fully saturated rings. The zero-order chi connectivity index (χ0) is 11.4. The Labute approximate surface area is 83.5 Å². The minimum atomic E-state index is -3.81. The van der Waals surface area contributed by atoms with E-state index in [4.69, 9.17) is 0 Å². The molecule has 8 heteroatoms. The Bertz CT molecular complexity index is 400. The molecule has 0 saturated heterocycles. The van der Waals surface area contributed by atoms with E-state index in [2.05, 4.69) is 20.2 Å². The lowest BCUT2D eigenvalue weighted by Crippen LogP contribution is -2.22. The molecule has 0 aliphatic rings. The van der Waals surface area contributed by atoms with Gasteiger partial charge in [-0.05, 0) is 12.8 Å². The number of hydrogen-bond acceptors (Lipinski definition) is 6. The summed E-state index contributed by atoms with van der Waals surface area (Å²) in [5.41, 5.74) is 0. The number of rotatable bonds is 4. The normalized spacial score (nSPS) is 12.3. The third-order valence-corrected chi connectivity index (χ3v) is 1.84. The van der Waals surface area contributed by atoms with Crippen molar-refractivity contribution in [3.8, 4) is 11.8 Å². The second-order valence-corrected chi connectivity index (χ2v) is 5.53. The van der Waals surface area contributed by atoms with E-state index in [1.165, 1.54) is 6.92 Å². The Morgan fingerprint density at radius 3 is 1.57 bits per heavy atom. The van der Waals surface area contributed by atoms with Gasteiger partial charge >= 0.3 is 0 Å². The fourth-order valence-electron chi connectivity index (χ4n) is 0.500. The van der Waals surface area contributed by atoms with E-state index in [9.17, 15) is 16.8 Å². The Balaban J connectivity index is 4.70. The topological polar surface area (TPSA) is 86.7 Å². The summed E-state index contributed by atoms with van der Waals surface area (Å²) < 4.78 is 51.1. The minimum absolute atomic E-state index is 0.767. The summed E-state index contributed by atoms with van der Waals surface area (Å²) in [7, 11) is -7.62. The zero-order valence-corrected chi connectivity index (χ0v) is 9.48. The van der Waals surface area contributed by atoms with Crippen molar-refractivity contribution < 1.29 is 25.2 Å². The highest BCUT2D eigenvalue weighted by molar-refractivity contribution is 7.86. The van der Waals surface area contributed by atoms with Crippen LogP contribution in [0.25, 0.3) is 0 Å². The van der Waals surface area contributed by atoms with E-state index in [-0.39, 0.29) is 0 Å². The van der Waals surface area contributed by atoms with Crippen LogP contribution in [0.5, 0.6) is 0 Å². The average molecular weight is 242 g/mol. The maximum absolute atomic E-state index is 10.6. The average Bonchev–Trinajstić information content (AvgIpc) is 1.78. The van der Waals surface area contributed by atoms with Crippen LogP contribution in [0.4, 0.5) is 0 Å². The van der Waals surface area contributed by atoms with E-state index in [0.717, 1.165) is 12.5 Å². The summed E-state index contributed by atoms with van der Waals surface area (Å²) in [6, 6.07) is 0. The van der Waals surface area contributed by atoms with Crippen molar-refractivity contribution in [1.82, 2.24) is 0 Å². The first-order valence-electron chi connectivity index (χ1n) is 3.33. The molecule has 0 heterocycles. The van der Waals surface area contributed by atoms with Gasteiger partial charge in [0.05, 0.1) is 12.5 Å². The predicted octanol–water partition coefficient (Wildman–Crippen LogP) is -0.712. The molecule has 0 spiro atoms.